The molecule has 2 aromatic rings. The van der Waals surface area contributed by atoms with Gasteiger partial charge in [-0.05, 0) is 12.5 Å². The Morgan fingerprint density at radius 3 is 3.06 bits per heavy atom. The van der Waals surface area contributed by atoms with Crippen molar-refractivity contribution in [2.24, 2.45) is 0 Å². The maximum atomic E-state index is 5.83. The van der Waals surface area contributed by atoms with E-state index in [4.69, 9.17) is 10.5 Å². The van der Waals surface area contributed by atoms with Crippen molar-refractivity contribution in [1.29, 1.82) is 0 Å². The number of hydrogen-bond donors (Lipinski definition) is 2. The fourth-order valence-electron chi connectivity index (χ4n) is 1.59. The summed E-state index contributed by atoms with van der Waals surface area (Å²) >= 11 is 0. The summed E-state index contributed by atoms with van der Waals surface area (Å²) < 4.78 is 7.09. The number of aromatic nitrogens is 3. The van der Waals surface area contributed by atoms with Gasteiger partial charge in [-0.25, -0.2) is 4.98 Å². The van der Waals surface area contributed by atoms with Gasteiger partial charge in [0.1, 0.15) is 0 Å². The van der Waals surface area contributed by atoms with E-state index in [2.05, 4.69) is 15.3 Å². The number of pyridine rings is 1. The molecule has 0 amide bonds. The van der Waals surface area contributed by atoms with Crippen LogP contribution in [0.2, 0.25) is 0 Å². The van der Waals surface area contributed by atoms with Crippen molar-refractivity contribution < 1.29 is 4.74 Å². The number of nitrogens with zero attached hydrogens (tertiary/aromatic N) is 3. The molecule has 0 aliphatic heterocycles. The normalized spacial score (nSPS) is 10.3. The minimum atomic E-state index is 0.557. The van der Waals surface area contributed by atoms with E-state index < -0.39 is 0 Å². The zero-order valence-corrected chi connectivity index (χ0v) is 10.3. The van der Waals surface area contributed by atoms with E-state index in [0.717, 1.165) is 19.5 Å². The Labute approximate surface area is 106 Å². The number of anilines is 2. The molecule has 0 atom stereocenters. The molecule has 0 aliphatic rings. The van der Waals surface area contributed by atoms with E-state index in [0.29, 0.717) is 17.4 Å². The molecule has 0 saturated carbocycles. The molecule has 2 aromatic heterocycles. The Morgan fingerprint density at radius 1 is 1.44 bits per heavy atom. The number of nitrogen functional groups attached to an aromatic ring is 1. The van der Waals surface area contributed by atoms with E-state index >= 15 is 0 Å². The van der Waals surface area contributed by atoms with Gasteiger partial charge in [0.25, 0.3) is 0 Å². The van der Waals surface area contributed by atoms with E-state index in [1.165, 1.54) is 0 Å². The minimum absolute atomic E-state index is 0.557. The molecule has 2 heterocycles. The van der Waals surface area contributed by atoms with Crippen molar-refractivity contribution in [1.82, 2.24) is 14.5 Å². The van der Waals surface area contributed by atoms with Gasteiger partial charge in [-0.15, -0.1) is 0 Å². The Kier molecular flexibility index (Phi) is 4.01. The smallest absolute Gasteiger partial charge is 0.215 e. The zero-order chi connectivity index (χ0) is 12.8. The number of aryl methyl sites for hydroxylation is 1. The molecule has 0 radical (unpaired) electrons. The molecule has 0 unspecified atom stereocenters. The van der Waals surface area contributed by atoms with Crippen LogP contribution in [-0.4, -0.2) is 28.2 Å². The molecule has 6 heteroatoms. The largest absolute Gasteiger partial charge is 0.481 e. The number of methoxy groups -OCH3 is 1. The lowest BCUT2D eigenvalue weighted by Crippen LogP contribution is -2.09. The molecule has 0 aliphatic carbocycles. The van der Waals surface area contributed by atoms with Gasteiger partial charge in [-0.1, -0.05) is 0 Å². The van der Waals surface area contributed by atoms with E-state index in [1.54, 1.807) is 31.8 Å². The average Bonchev–Trinajstić information content (AvgIpc) is 2.89. The van der Waals surface area contributed by atoms with Gasteiger partial charge in [-0.2, -0.15) is 4.98 Å². The number of hydrogen-bond acceptors (Lipinski definition) is 5. The van der Waals surface area contributed by atoms with Crippen molar-refractivity contribution in [3.8, 4) is 5.88 Å². The molecule has 6 nitrogen and oxygen atoms in total. The van der Waals surface area contributed by atoms with E-state index in [1.807, 2.05) is 10.8 Å². The number of nitrogens with one attached hydrogen (secondary N) is 1. The third kappa shape index (κ3) is 3.13. The van der Waals surface area contributed by atoms with Gasteiger partial charge in [-0.3, -0.25) is 0 Å². The summed E-state index contributed by atoms with van der Waals surface area (Å²) in [5, 5.41) is 3.20. The van der Waals surface area contributed by atoms with Crippen LogP contribution in [-0.2, 0) is 6.54 Å². The minimum Gasteiger partial charge on any atom is -0.481 e. The van der Waals surface area contributed by atoms with Crippen molar-refractivity contribution >= 4 is 11.5 Å². The Morgan fingerprint density at radius 2 is 2.33 bits per heavy atom. The average molecular weight is 247 g/mol. The lowest BCUT2D eigenvalue weighted by Gasteiger charge is -2.09. The topological polar surface area (TPSA) is 78.0 Å². The van der Waals surface area contributed by atoms with Gasteiger partial charge in [0, 0.05) is 31.5 Å². The summed E-state index contributed by atoms with van der Waals surface area (Å²) in [5.74, 6) is 1.22. The summed E-state index contributed by atoms with van der Waals surface area (Å²) in [7, 11) is 1.58. The summed E-state index contributed by atoms with van der Waals surface area (Å²) in [6, 6.07) is 3.52. The predicted octanol–water partition coefficient (Wildman–Crippen LogP) is 1.37. The molecule has 0 spiro atoms. The number of ether oxygens (including phenoxy) is 1. The van der Waals surface area contributed by atoms with Gasteiger partial charge < -0.3 is 20.4 Å². The van der Waals surface area contributed by atoms with Gasteiger partial charge in [0.05, 0.1) is 19.1 Å². The first kappa shape index (κ1) is 12.2. The Bertz CT molecular complexity index is 483. The monoisotopic (exact) mass is 247 g/mol. The van der Waals surface area contributed by atoms with Crippen LogP contribution in [0, 0.1) is 0 Å². The number of rotatable bonds is 6. The first-order valence-corrected chi connectivity index (χ1v) is 5.79. The Balaban J connectivity index is 1.82. The molecule has 18 heavy (non-hydrogen) atoms. The quantitative estimate of drug-likeness (QED) is 0.754. The lowest BCUT2D eigenvalue weighted by atomic mass is 10.3. The summed E-state index contributed by atoms with van der Waals surface area (Å²) in [6.45, 7) is 1.71. The summed E-state index contributed by atoms with van der Waals surface area (Å²) in [6.07, 6.45) is 6.49. The SMILES string of the molecule is COc1ccc(N)c(NCCCn2ccnc2)n1. The molecule has 2 rings (SSSR count). The summed E-state index contributed by atoms with van der Waals surface area (Å²) in [5.41, 5.74) is 6.45. The van der Waals surface area contributed by atoms with Crippen LogP contribution >= 0.6 is 0 Å². The van der Waals surface area contributed by atoms with Crippen molar-refractivity contribution in [2.45, 2.75) is 13.0 Å². The van der Waals surface area contributed by atoms with Crippen LogP contribution in [0.4, 0.5) is 11.5 Å². The highest BCUT2D eigenvalue weighted by molar-refractivity contribution is 5.61. The molecule has 0 fully saturated rings. The Hall–Kier alpha value is -2.24. The van der Waals surface area contributed by atoms with Crippen molar-refractivity contribution in [3.05, 3.63) is 30.9 Å². The standard InChI is InChI=1S/C12H17N5O/c1-18-11-4-3-10(13)12(16-11)15-5-2-7-17-8-6-14-9-17/h3-4,6,8-9H,2,5,7,13H2,1H3,(H,15,16). The molecular formula is C12H17N5O. The van der Waals surface area contributed by atoms with Crippen LogP contribution in [0.5, 0.6) is 5.88 Å². The van der Waals surface area contributed by atoms with Gasteiger partial charge in [0.15, 0.2) is 5.82 Å². The lowest BCUT2D eigenvalue weighted by molar-refractivity contribution is 0.398. The molecule has 96 valence electrons. The van der Waals surface area contributed by atoms with Crippen LogP contribution in [0.3, 0.4) is 0 Å². The highest BCUT2D eigenvalue weighted by Gasteiger charge is 2.02. The maximum Gasteiger partial charge on any atom is 0.215 e. The van der Waals surface area contributed by atoms with Gasteiger partial charge >= 0.3 is 0 Å². The first-order valence-electron chi connectivity index (χ1n) is 5.79. The summed E-state index contributed by atoms with van der Waals surface area (Å²) in [4.78, 5) is 8.24. The van der Waals surface area contributed by atoms with Gasteiger partial charge in [0.2, 0.25) is 5.88 Å². The molecule has 0 aromatic carbocycles. The van der Waals surface area contributed by atoms with Crippen LogP contribution < -0.4 is 15.8 Å². The second-order valence-corrected chi connectivity index (χ2v) is 3.87. The first-order chi connectivity index (χ1) is 8.79. The van der Waals surface area contributed by atoms with Crippen LogP contribution in [0.25, 0.3) is 0 Å². The molecule has 0 saturated heterocycles. The third-order valence-corrected chi connectivity index (χ3v) is 2.55. The van der Waals surface area contributed by atoms with Crippen LogP contribution in [0.15, 0.2) is 30.9 Å². The highest BCUT2D eigenvalue weighted by Crippen LogP contribution is 2.19. The second kappa shape index (κ2) is 5.90. The third-order valence-electron chi connectivity index (χ3n) is 2.55. The zero-order valence-electron chi connectivity index (χ0n) is 10.3. The maximum absolute atomic E-state index is 5.83. The fraction of sp³-hybridized carbons (Fsp3) is 0.333. The number of imidazole rings is 1. The molecule has 3 N–H and O–H groups in total. The molecule has 0 bridgehead atoms. The van der Waals surface area contributed by atoms with Crippen molar-refractivity contribution in [3.63, 3.8) is 0 Å². The predicted molar refractivity (Wildman–Crippen MR) is 70.5 cm³/mol. The van der Waals surface area contributed by atoms with Crippen molar-refractivity contribution in [2.75, 3.05) is 24.7 Å². The fourth-order valence-corrected chi connectivity index (χ4v) is 1.59. The highest BCUT2D eigenvalue weighted by atomic mass is 16.5. The van der Waals surface area contributed by atoms with E-state index in [9.17, 15) is 0 Å². The van der Waals surface area contributed by atoms with Crippen LogP contribution in [0.1, 0.15) is 6.42 Å². The molecular weight excluding hydrogens is 230 g/mol. The number of nitrogens with two attached hydrogens (primary N) is 1. The van der Waals surface area contributed by atoms with E-state index in [-0.39, 0.29) is 0 Å². The second-order valence-electron chi connectivity index (χ2n) is 3.87.